The van der Waals surface area contributed by atoms with Gasteiger partial charge >= 0.3 is 5.97 Å². The molecule has 0 spiro atoms. The molecular weight excluding hydrogens is 308 g/mol. The maximum Gasteiger partial charge on any atom is 0.311 e. The fourth-order valence-electron chi connectivity index (χ4n) is 1.81. The van der Waals surface area contributed by atoms with E-state index in [1.807, 2.05) is 6.07 Å². The molecule has 0 fully saturated rings. The Labute approximate surface area is 133 Å². The highest BCUT2D eigenvalue weighted by Crippen LogP contribution is 2.12. The number of benzene rings is 1. The molecule has 0 saturated heterocycles. The first-order valence-corrected chi connectivity index (χ1v) is 7.17. The molecule has 2 unspecified atom stereocenters. The summed E-state index contributed by atoms with van der Waals surface area (Å²) in [6.45, 7) is -0.190. The summed E-state index contributed by atoms with van der Waals surface area (Å²) in [5.41, 5.74) is 0. The molecule has 0 aliphatic carbocycles. The SMILES string of the molecule is C[NH+]([O-])OCC(CCCCC(=O)Oc1ccccc1)O[N+](=O)[O-]. The number of esters is 1. The predicted molar refractivity (Wildman–Crippen MR) is 78.6 cm³/mol. The van der Waals surface area contributed by atoms with Crippen molar-refractivity contribution >= 4 is 5.97 Å². The van der Waals surface area contributed by atoms with Gasteiger partial charge in [-0.05, 0) is 25.0 Å². The van der Waals surface area contributed by atoms with Crippen LogP contribution in [0.4, 0.5) is 0 Å². The second-order valence-corrected chi connectivity index (χ2v) is 4.79. The fourth-order valence-corrected chi connectivity index (χ4v) is 1.81. The number of hydrogen-bond acceptors (Lipinski definition) is 7. The highest BCUT2D eigenvalue weighted by molar-refractivity contribution is 5.72. The molecule has 1 N–H and O–H groups in total. The van der Waals surface area contributed by atoms with Crippen LogP contribution in [-0.2, 0) is 14.5 Å². The van der Waals surface area contributed by atoms with Gasteiger partial charge in [0.25, 0.3) is 5.09 Å². The molecule has 0 radical (unpaired) electrons. The second-order valence-electron chi connectivity index (χ2n) is 4.79. The van der Waals surface area contributed by atoms with Crippen LogP contribution >= 0.6 is 0 Å². The van der Waals surface area contributed by atoms with Crippen LogP contribution in [0.15, 0.2) is 30.3 Å². The lowest BCUT2D eigenvalue weighted by molar-refractivity contribution is -1.04. The molecule has 0 heterocycles. The van der Waals surface area contributed by atoms with E-state index < -0.39 is 16.4 Å². The molecule has 9 heteroatoms. The van der Waals surface area contributed by atoms with Crippen molar-refractivity contribution in [3.8, 4) is 5.75 Å². The van der Waals surface area contributed by atoms with Gasteiger partial charge in [0, 0.05) is 6.42 Å². The van der Waals surface area contributed by atoms with Crippen LogP contribution < -0.4 is 9.96 Å². The van der Waals surface area contributed by atoms with Crippen molar-refractivity contribution in [2.45, 2.75) is 31.8 Å². The Morgan fingerprint density at radius 1 is 1.30 bits per heavy atom. The number of rotatable bonds is 11. The Bertz CT molecular complexity index is 481. The number of para-hydroxylation sites is 1. The normalized spacial score (nSPS) is 13.1. The third-order valence-corrected chi connectivity index (χ3v) is 2.84. The Balaban J connectivity index is 2.24. The molecular formula is C14H20N2O7. The first-order valence-electron chi connectivity index (χ1n) is 7.17. The molecule has 0 bridgehead atoms. The van der Waals surface area contributed by atoms with E-state index in [9.17, 15) is 20.1 Å². The largest absolute Gasteiger partial charge is 0.600 e. The van der Waals surface area contributed by atoms with Gasteiger partial charge in [-0.3, -0.25) is 4.79 Å². The smallest absolute Gasteiger partial charge is 0.311 e. The topological polar surface area (TPSA) is 115 Å². The minimum atomic E-state index is -0.919. The summed E-state index contributed by atoms with van der Waals surface area (Å²) in [7, 11) is 1.21. The molecule has 2 atom stereocenters. The lowest BCUT2D eigenvalue weighted by Crippen LogP contribution is -3.03. The monoisotopic (exact) mass is 328 g/mol. The lowest BCUT2D eigenvalue weighted by Gasteiger charge is -2.18. The number of nitrogens with one attached hydrogen (secondary N) is 1. The van der Waals surface area contributed by atoms with E-state index in [4.69, 9.17) is 9.57 Å². The molecule has 0 aliphatic rings. The Morgan fingerprint density at radius 3 is 2.61 bits per heavy atom. The van der Waals surface area contributed by atoms with Crippen molar-refractivity contribution in [1.29, 1.82) is 0 Å². The zero-order valence-electron chi connectivity index (χ0n) is 12.8. The number of carbonyl (C=O) groups is 1. The number of carbonyl (C=O) groups excluding carboxylic acids is 1. The zero-order chi connectivity index (χ0) is 17.1. The Hall–Kier alpha value is -2.23. The Kier molecular flexibility index (Phi) is 8.58. The molecule has 0 saturated carbocycles. The molecule has 1 aromatic rings. The highest BCUT2D eigenvalue weighted by atomic mass is 17.0. The van der Waals surface area contributed by atoms with Gasteiger partial charge in [-0.1, -0.05) is 24.6 Å². The molecule has 0 aromatic heterocycles. The van der Waals surface area contributed by atoms with Crippen LogP contribution in [0.25, 0.3) is 0 Å². The summed E-state index contributed by atoms with van der Waals surface area (Å²) in [5, 5.41) is 19.6. The first kappa shape index (κ1) is 18.8. The molecule has 1 rings (SSSR count). The third kappa shape index (κ3) is 9.40. The van der Waals surface area contributed by atoms with Crippen molar-refractivity contribution in [2.24, 2.45) is 0 Å². The molecule has 9 nitrogen and oxygen atoms in total. The van der Waals surface area contributed by atoms with Crippen LogP contribution in [0.1, 0.15) is 25.7 Å². The molecule has 23 heavy (non-hydrogen) atoms. The summed E-state index contributed by atoms with van der Waals surface area (Å²) in [5.74, 6) is 0.102. The van der Waals surface area contributed by atoms with E-state index in [2.05, 4.69) is 4.84 Å². The average molecular weight is 328 g/mol. The highest BCUT2D eigenvalue weighted by Gasteiger charge is 2.15. The number of ether oxygens (including phenoxy) is 1. The number of nitrogens with zero attached hydrogens (tertiary/aromatic N) is 1. The van der Waals surface area contributed by atoms with E-state index in [0.717, 1.165) is 0 Å². The number of unbranched alkanes of at least 4 members (excludes halogenated alkanes) is 1. The Morgan fingerprint density at radius 2 is 2.00 bits per heavy atom. The fraction of sp³-hybridized carbons (Fsp3) is 0.500. The van der Waals surface area contributed by atoms with Crippen molar-refractivity contribution < 1.29 is 29.5 Å². The predicted octanol–water partition coefficient (Wildman–Crippen LogP) is 0.673. The maximum absolute atomic E-state index is 11.6. The van der Waals surface area contributed by atoms with Crippen molar-refractivity contribution in [2.75, 3.05) is 13.7 Å². The molecule has 0 amide bonds. The minimum Gasteiger partial charge on any atom is -0.600 e. The van der Waals surface area contributed by atoms with Crippen LogP contribution in [0.3, 0.4) is 0 Å². The van der Waals surface area contributed by atoms with Gasteiger partial charge in [-0.25, -0.2) is 10.1 Å². The minimum absolute atomic E-state index is 0.188. The van der Waals surface area contributed by atoms with Crippen molar-refractivity contribution in [1.82, 2.24) is 0 Å². The third-order valence-electron chi connectivity index (χ3n) is 2.84. The van der Waals surface area contributed by atoms with Crippen LogP contribution in [-0.4, -0.2) is 30.8 Å². The van der Waals surface area contributed by atoms with E-state index in [1.165, 1.54) is 7.05 Å². The van der Waals surface area contributed by atoms with E-state index >= 15 is 0 Å². The number of quaternary nitrogens is 1. The standard InChI is InChI=1S/C14H20N2O7/c1-15(18)21-11-13(23-16(19)20)9-5-6-10-14(17)22-12-7-3-2-4-8-12/h2-4,7-8,13,15H,5-6,9-11H2,1H3. The summed E-state index contributed by atoms with van der Waals surface area (Å²) in [4.78, 5) is 31.1. The summed E-state index contributed by atoms with van der Waals surface area (Å²) in [6, 6.07) is 8.69. The lowest BCUT2D eigenvalue weighted by atomic mass is 10.1. The van der Waals surface area contributed by atoms with E-state index in [0.29, 0.717) is 25.0 Å². The van der Waals surface area contributed by atoms with Crippen molar-refractivity contribution in [3.05, 3.63) is 45.7 Å². The second kappa shape index (κ2) is 10.5. The molecule has 128 valence electrons. The van der Waals surface area contributed by atoms with Gasteiger partial charge in [0.2, 0.25) is 0 Å². The van der Waals surface area contributed by atoms with E-state index in [1.54, 1.807) is 24.3 Å². The number of hydroxylamine groups is 2. The molecule has 1 aromatic carbocycles. The van der Waals surface area contributed by atoms with Gasteiger partial charge < -0.3 is 14.8 Å². The maximum atomic E-state index is 11.6. The van der Waals surface area contributed by atoms with Gasteiger partial charge in [0.15, 0.2) is 0 Å². The first-order chi connectivity index (χ1) is 11.0. The van der Waals surface area contributed by atoms with Gasteiger partial charge in [-0.15, -0.1) is 10.1 Å². The quantitative estimate of drug-likeness (QED) is 0.209. The van der Waals surface area contributed by atoms with Gasteiger partial charge in [0.1, 0.15) is 18.5 Å². The van der Waals surface area contributed by atoms with E-state index in [-0.39, 0.29) is 19.0 Å². The van der Waals surface area contributed by atoms with Gasteiger partial charge in [-0.2, -0.15) is 0 Å². The molecule has 0 aliphatic heterocycles. The average Bonchev–Trinajstić information content (AvgIpc) is 2.49. The van der Waals surface area contributed by atoms with Crippen molar-refractivity contribution in [3.63, 3.8) is 0 Å². The van der Waals surface area contributed by atoms with Crippen LogP contribution in [0, 0.1) is 15.3 Å². The summed E-state index contributed by atoms with van der Waals surface area (Å²) in [6.07, 6.45) is 0.645. The van der Waals surface area contributed by atoms with Crippen LogP contribution in [0.5, 0.6) is 5.75 Å². The number of hydrogen-bond donors (Lipinski definition) is 1. The summed E-state index contributed by atoms with van der Waals surface area (Å²) < 4.78 is 5.12. The zero-order valence-corrected chi connectivity index (χ0v) is 12.8. The van der Waals surface area contributed by atoms with Crippen LogP contribution in [0.2, 0.25) is 0 Å². The summed E-state index contributed by atoms with van der Waals surface area (Å²) >= 11 is 0. The van der Waals surface area contributed by atoms with Gasteiger partial charge in [0.05, 0.1) is 7.05 Å².